The number of hydrogen-bond acceptors (Lipinski definition) is 4. The molecule has 1 rings (SSSR count). The highest BCUT2D eigenvalue weighted by atomic mass is 16.6. The fourth-order valence-corrected chi connectivity index (χ4v) is 1.21. The van der Waals surface area contributed by atoms with Gasteiger partial charge in [-0.05, 0) is 26.8 Å². The van der Waals surface area contributed by atoms with Gasteiger partial charge >= 0.3 is 5.97 Å². The molecule has 4 nitrogen and oxygen atoms in total. The summed E-state index contributed by atoms with van der Waals surface area (Å²) in [6.07, 6.45) is 1.43. The maximum absolute atomic E-state index is 11.8. The molecule has 0 aromatic heterocycles. The summed E-state index contributed by atoms with van der Waals surface area (Å²) in [5.74, 6) is 4.70. The third-order valence-electron chi connectivity index (χ3n) is 1.79. The number of hydrogen-bond donors (Lipinski definition) is 1. The maximum Gasteiger partial charge on any atom is 0.339 e. The first-order valence-corrected chi connectivity index (χ1v) is 4.99. The lowest BCUT2D eigenvalue weighted by atomic mass is 10.1. The van der Waals surface area contributed by atoms with E-state index < -0.39 is 5.60 Å². The maximum atomic E-state index is 11.8. The van der Waals surface area contributed by atoms with Crippen molar-refractivity contribution in [1.29, 1.82) is 0 Å². The van der Waals surface area contributed by atoms with Crippen molar-refractivity contribution in [2.75, 3.05) is 0 Å². The van der Waals surface area contributed by atoms with E-state index in [1.165, 1.54) is 6.21 Å². The van der Waals surface area contributed by atoms with Crippen molar-refractivity contribution < 1.29 is 9.53 Å². The second-order valence-corrected chi connectivity index (χ2v) is 4.37. The van der Waals surface area contributed by atoms with Gasteiger partial charge in [0, 0.05) is 5.56 Å². The SMILES string of the molecule is CC(C)(C)OC(=O)c1ccccc1C=NN. The minimum Gasteiger partial charge on any atom is -0.456 e. The van der Waals surface area contributed by atoms with Crippen LogP contribution in [0.3, 0.4) is 0 Å². The van der Waals surface area contributed by atoms with Gasteiger partial charge in [-0.3, -0.25) is 0 Å². The van der Waals surface area contributed by atoms with E-state index in [9.17, 15) is 4.79 Å². The normalized spacial score (nSPS) is 11.7. The summed E-state index contributed by atoms with van der Waals surface area (Å²) in [4.78, 5) is 11.8. The number of carbonyl (C=O) groups excluding carboxylic acids is 1. The predicted octanol–water partition coefficient (Wildman–Crippen LogP) is 1.93. The minimum absolute atomic E-state index is 0.372. The Kier molecular flexibility index (Phi) is 3.66. The first kappa shape index (κ1) is 12.2. The van der Waals surface area contributed by atoms with Gasteiger partial charge in [0.25, 0.3) is 0 Å². The third kappa shape index (κ3) is 3.38. The topological polar surface area (TPSA) is 64.7 Å². The van der Waals surface area contributed by atoms with Crippen LogP contribution >= 0.6 is 0 Å². The average molecular weight is 220 g/mol. The van der Waals surface area contributed by atoms with Crippen LogP contribution < -0.4 is 5.84 Å². The number of carbonyl (C=O) groups is 1. The Balaban J connectivity index is 2.99. The van der Waals surface area contributed by atoms with Crippen molar-refractivity contribution in [1.82, 2.24) is 0 Å². The molecule has 0 aliphatic rings. The standard InChI is InChI=1S/C12H16N2O2/c1-12(2,3)16-11(15)10-7-5-4-6-9(10)8-14-13/h4-8H,13H2,1-3H3. The molecule has 0 aliphatic carbocycles. The Morgan fingerprint density at radius 3 is 2.56 bits per heavy atom. The number of nitrogens with zero attached hydrogens (tertiary/aromatic N) is 1. The van der Waals surface area contributed by atoms with Crippen molar-refractivity contribution in [3.05, 3.63) is 35.4 Å². The number of rotatable bonds is 2. The molecule has 2 N–H and O–H groups in total. The molecule has 0 saturated carbocycles. The van der Waals surface area contributed by atoms with E-state index in [4.69, 9.17) is 10.6 Å². The number of hydrazone groups is 1. The number of nitrogens with two attached hydrogens (primary N) is 1. The average Bonchev–Trinajstić information content (AvgIpc) is 2.16. The lowest BCUT2D eigenvalue weighted by Crippen LogP contribution is -2.24. The summed E-state index contributed by atoms with van der Waals surface area (Å²) >= 11 is 0. The summed E-state index contributed by atoms with van der Waals surface area (Å²) in [5, 5.41) is 3.41. The van der Waals surface area contributed by atoms with Crippen molar-refractivity contribution in [3.63, 3.8) is 0 Å². The lowest BCUT2D eigenvalue weighted by molar-refractivity contribution is 0.00694. The molecule has 0 atom stereocenters. The van der Waals surface area contributed by atoms with E-state index in [-0.39, 0.29) is 5.97 Å². The van der Waals surface area contributed by atoms with Crippen LogP contribution in [0.2, 0.25) is 0 Å². The fraction of sp³-hybridized carbons (Fsp3) is 0.333. The molecule has 86 valence electrons. The van der Waals surface area contributed by atoms with E-state index >= 15 is 0 Å². The van der Waals surface area contributed by atoms with Crippen LogP contribution in [0.1, 0.15) is 36.7 Å². The molecule has 1 aromatic rings. The van der Waals surface area contributed by atoms with Gasteiger partial charge in [-0.15, -0.1) is 0 Å². The fourth-order valence-electron chi connectivity index (χ4n) is 1.21. The Bertz CT molecular complexity index is 406. The van der Waals surface area contributed by atoms with E-state index in [1.54, 1.807) is 18.2 Å². The molecule has 0 saturated heterocycles. The Labute approximate surface area is 95.1 Å². The molecule has 1 aromatic carbocycles. The van der Waals surface area contributed by atoms with Crippen LogP contribution in [0.4, 0.5) is 0 Å². The molecule has 0 heterocycles. The lowest BCUT2D eigenvalue weighted by Gasteiger charge is -2.20. The highest BCUT2D eigenvalue weighted by molar-refractivity contribution is 5.99. The number of ether oxygens (including phenoxy) is 1. The monoisotopic (exact) mass is 220 g/mol. The Hall–Kier alpha value is -1.84. The molecule has 16 heavy (non-hydrogen) atoms. The van der Waals surface area contributed by atoms with Crippen molar-refractivity contribution in [2.45, 2.75) is 26.4 Å². The molecule has 0 aliphatic heterocycles. The first-order chi connectivity index (χ1) is 7.44. The van der Waals surface area contributed by atoms with Crippen LogP contribution in [-0.2, 0) is 4.74 Å². The zero-order valence-electron chi connectivity index (χ0n) is 9.73. The largest absolute Gasteiger partial charge is 0.456 e. The van der Waals surface area contributed by atoms with Crippen molar-refractivity contribution in [3.8, 4) is 0 Å². The van der Waals surface area contributed by atoms with Gasteiger partial charge in [-0.1, -0.05) is 18.2 Å². The molecule has 0 spiro atoms. The molecule has 4 heteroatoms. The zero-order chi connectivity index (χ0) is 12.2. The van der Waals surface area contributed by atoms with E-state index in [1.807, 2.05) is 26.8 Å². The summed E-state index contributed by atoms with van der Waals surface area (Å²) in [5.41, 5.74) is 0.607. The predicted molar refractivity (Wildman–Crippen MR) is 63.4 cm³/mol. The van der Waals surface area contributed by atoms with Crippen LogP contribution in [0, 0.1) is 0 Å². The molecule has 0 unspecified atom stereocenters. The smallest absolute Gasteiger partial charge is 0.339 e. The highest BCUT2D eigenvalue weighted by Crippen LogP contribution is 2.14. The van der Waals surface area contributed by atoms with E-state index in [2.05, 4.69) is 5.10 Å². The van der Waals surface area contributed by atoms with Crippen molar-refractivity contribution >= 4 is 12.2 Å². The number of esters is 1. The highest BCUT2D eigenvalue weighted by Gasteiger charge is 2.19. The summed E-state index contributed by atoms with van der Waals surface area (Å²) in [6.45, 7) is 5.47. The van der Waals surface area contributed by atoms with E-state index in [0.717, 1.165) is 0 Å². The van der Waals surface area contributed by atoms with Gasteiger partial charge in [0.05, 0.1) is 11.8 Å². The molecule has 0 amide bonds. The van der Waals surface area contributed by atoms with Gasteiger partial charge in [-0.2, -0.15) is 5.10 Å². The third-order valence-corrected chi connectivity index (χ3v) is 1.79. The quantitative estimate of drug-likeness (QED) is 0.358. The second-order valence-electron chi connectivity index (χ2n) is 4.37. The Morgan fingerprint density at radius 1 is 1.38 bits per heavy atom. The minimum atomic E-state index is -0.510. The van der Waals surface area contributed by atoms with Gasteiger partial charge in [0.2, 0.25) is 0 Å². The van der Waals surface area contributed by atoms with Gasteiger partial charge in [0.1, 0.15) is 5.60 Å². The number of benzene rings is 1. The van der Waals surface area contributed by atoms with Crippen LogP contribution in [0.25, 0.3) is 0 Å². The van der Waals surface area contributed by atoms with E-state index in [0.29, 0.717) is 11.1 Å². The van der Waals surface area contributed by atoms with Crippen molar-refractivity contribution in [2.24, 2.45) is 10.9 Å². The van der Waals surface area contributed by atoms with Crippen LogP contribution in [-0.4, -0.2) is 17.8 Å². The molecular formula is C12H16N2O2. The Morgan fingerprint density at radius 2 is 2.00 bits per heavy atom. The molecular weight excluding hydrogens is 204 g/mol. The summed E-state index contributed by atoms with van der Waals surface area (Å²) in [6, 6.07) is 7.03. The summed E-state index contributed by atoms with van der Waals surface area (Å²) < 4.78 is 5.27. The zero-order valence-corrected chi connectivity index (χ0v) is 9.73. The summed E-state index contributed by atoms with van der Waals surface area (Å²) in [7, 11) is 0. The second kappa shape index (κ2) is 4.79. The van der Waals surface area contributed by atoms with Gasteiger partial charge < -0.3 is 10.6 Å². The van der Waals surface area contributed by atoms with Crippen LogP contribution in [0.15, 0.2) is 29.4 Å². The molecule has 0 bridgehead atoms. The molecule has 0 fully saturated rings. The first-order valence-electron chi connectivity index (χ1n) is 4.99. The van der Waals surface area contributed by atoms with Gasteiger partial charge in [0.15, 0.2) is 0 Å². The van der Waals surface area contributed by atoms with Gasteiger partial charge in [-0.25, -0.2) is 4.79 Å². The van der Waals surface area contributed by atoms with Crippen LogP contribution in [0.5, 0.6) is 0 Å². The molecule has 0 radical (unpaired) electrons.